The predicted molar refractivity (Wildman–Crippen MR) is 211 cm³/mol. The van der Waals surface area contributed by atoms with Gasteiger partial charge in [-0.25, -0.2) is 9.37 Å². The van der Waals surface area contributed by atoms with Crippen molar-refractivity contribution in [3.05, 3.63) is 153 Å². The van der Waals surface area contributed by atoms with Crippen LogP contribution in [0.4, 0.5) is 4.39 Å². The maximum absolute atomic E-state index is 13.8. The first-order valence-corrected chi connectivity index (χ1v) is 17.8. The van der Waals surface area contributed by atoms with E-state index in [0.29, 0.717) is 47.7 Å². The highest BCUT2D eigenvalue weighted by Crippen LogP contribution is 2.34. The number of hydrogen-bond acceptors (Lipinski definition) is 6. The molecule has 5 aromatic rings. The molecule has 0 atom stereocenters. The molecule has 0 unspecified atom stereocenters. The van der Waals surface area contributed by atoms with Crippen molar-refractivity contribution in [3.63, 3.8) is 0 Å². The molecule has 7 nitrogen and oxygen atoms in total. The molecule has 1 aromatic heterocycles. The molecule has 53 heavy (non-hydrogen) atoms. The highest BCUT2D eigenvalue weighted by Gasteiger charge is 2.20. The van der Waals surface area contributed by atoms with Crippen LogP contribution in [0, 0.1) is 26.6 Å². The molecule has 1 aliphatic heterocycles. The minimum atomic E-state index is -0.261. The molecule has 1 aliphatic rings. The fourth-order valence-electron chi connectivity index (χ4n) is 5.88. The van der Waals surface area contributed by atoms with E-state index < -0.39 is 0 Å². The van der Waals surface area contributed by atoms with Gasteiger partial charge in [0.2, 0.25) is 11.8 Å². The normalized spacial score (nSPS) is 13.1. The fraction of sp³-hybridized carbons (Fsp3) is 0.256. The number of amides is 1. The zero-order valence-corrected chi connectivity index (χ0v) is 31.8. The Balaban J connectivity index is 0.00000541. The first kappa shape index (κ1) is 39.3. The van der Waals surface area contributed by atoms with E-state index in [9.17, 15) is 9.18 Å². The molecule has 2 heterocycles. The summed E-state index contributed by atoms with van der Waals surface area (Å²) in [4.78, 5) is 21.6. The Kier molecular flexibility index (Phi) is 13.9. The summed E-state index contributed by atoms with van der Waals surface area (Å²) in [5, 5.41) is 0.410. The zero-order valence-electron chi connectivity index (χ0n) is 30.2. The second kappa shape index (κ2) is 18.7. The van der Waals surface area contributed by atoms with Crippen LogP contribution in [0.5, 0.6) is 23.1 Å². The molecule has 0 spiro atoms. The average Bonchev–Trinajstić information content (AvgIpc) is 3.15. The Labute approximate surface area is 322 Å². The SMILES string of the molecule is Cc1ccc(OCCc2ccc(CN3CCN(C(=O)C=Cc4cc(C)c(Oc5ccc(OCc6ccc(C)c(F)c6)cn5)c(Cl)c4)CC3)cc2)cc1.Cl. The number of aryl methyl sites for hydroxylation is 3. The molecule has 276 valence electrons. The molecule has 0 radical (unpaired) electrons. The maximum Gasteiger partial charge on any atom is 0.246 e. The van der Waals surface area contributed by atoms with Crippen molar-refractivity contribution in [1.82, 2.24) is 14.8 Å². The Morgan fingerprint density at radius 2 is 1.51 bits per heavy atom. The van der Waals surface area contributed by atoms with E-state index in [0.717, 1.165) is 48.5 Å². The molecule has 0 bridgehead atoms. The monoisotopic (exact) mass is 755 g/mol. The van der Waals surface area contributed by atoms with Crippen LogP contribution in [0.3, 0.4) is 0 Å². The Bertz CT molecular complexity index is 1970. The Hall–Kier alpha value is -4.89. The predicted octanol–water partition coefficient (Wildman–Crippen LogP) is 9.57. The highest BCUT2D eigenvalue weighted by molar-refractivity contribution is 6.32. The van der Waals surface area contributed by atoms with E-state index in [1.165, 1.54) is 22.8 Å². The van der Waals surface area contributed by atoms with Crippen molar-refractivity contribution < 1.29 is 23.4 Å². The lowest BCUT2D eigenvalue weighted by molar-refractivity contribution is -0.127. The van der Waals surface area contributed by atoms with E-state index >= 15 is 0 Å². The molecule has 10 heteroatoms. The standard InChI is InChI=1S/C43H43ClFN3O4.ClH/c1-30-4-13-37(14-5-30)50-23-18-33-8-10-34(11-9-33)28-47-19-21-48(22-20-47)42(49)17-12-35-24-32(3)43(39(44)25-35)52-41-16-15-38(27-46-41)51-29-36-7-6-31(2)40(45)26-36;/h4-17,24-27H,18-23,28-29H2,1-3H3;1H. The van der Waals surface area contributed by atoms with Crippen LogP contribution in [-0.4, -0.2) is 53.5 Å². The number of ether oxygens (including phenoxy) is 3. The summed E-state index contributed by atoms with van der Waals surface area (Å²) < 4.78 is 31.4. The minimum Gasteiger partial charge on any atom is -0.493 e. The van der Waals surface area contributed by atoms with Gasteiger partial charge in [0.25, 0.3) is 0 Å². The molecule has 6 rings (SSSR count). The van der Waals surface area contributed by atoms with E-state index in [2.05, 4.69) is 53.2 Å². The zero-order chi connectivity index (χ0) is 36.5. The Morgan fingerprint density at radius 1 is 0.811 bits per heavy atom. The molecule has 0 N–H and O–H groups in total. The molecule has 1 saturated heterocycles. The quantitative estimate of drug-likeness (QED) is 0.112. The lowest BCUT2D eigenvalue weighted by Gasteiger charge is -2.34. The molecular formula is C43H44Cl2FN3O4. The van der Waals surface area contributed by atoms with Crippen molar-refractivity contribution in [2.24, 2.45) is 0 Å². The van der Waals surface area contributed by atoms with Crippen LogP contribution >= 0.6 is 24.0 Å². The van der Waals surface area contributed by atoms with Gasteiger partial charge in [-0.2, -0.15) is 0 Å². The summed E-state index contributed by atoms with van der Waals surface area (Å²) >= 11 is 6.61. The summed E-state index contributed by atoms with van der Waals surface area (Å²) in [6, 6.07) is 29.0. The highest BCUT2D eigenvalue weighted by atomic mass is 35.5. The number of hydrogen-bond donors (Lipinski definition) is 0. The number of carbonyl (C=O) groups is 1. The van der Waals surface area contributed by atoms with Gasteiger partial charge in [-0.05, 0) is 96.6 Å². The van der Waals surface area contributed by atoms with Crippen LogP contribution in [0.15, 0.2) is 103 Å². The number of aromatic nitrogens is 1. The number of halogens is 3. The largest absolute Gasteiger partial charge is 0.493 e. The third-order valence-electron chi connectivity index (χ3n) is 9.02. The molecule has 0 saturated carbocycles. The summed E-state index contributed by atoms with van der Waals surface area (Å²) in [6.45, 7) is 10.4. The summed E-state index contributed by atoms with van der Waals surface area (Å²) in [5.41, 5.74) is 6.67. The summed E-state index contributed by atoms with van der Waals surface area (Å²) in [7, 11) is 0. The number of pyridine rings is 1. The van der Waals surface area contributed by atoms with Crippen LogP contribution in [0.25, 0.3) is 6.08 Å². The summed E-state index contributed by atoms with van der Waals surface area (Å²) in [5.74, 6) is 1.99. The van der Waals surface area contributed by atoms with Gasteiger partial charge in [0.1, 0.15) is 23.9 Å². The van der Waals surface area contributed by atoms with Gasteiger partial charge >= 0.3 is 0 Å². The van der Waals surface area contributed by atoms with E-state index in [4.69, 9.17) is 25.8 Å². The van der Waals surface area contributed by atoms with Crippen molar-refractivity contribution in [2.75, 3.05) is 32.8 Å². The van der Waals surface area contributed by atoms with Crippen molar-refractivity contribution in [1.29, 1.82) is 0 Å². The molecule has 1 fully saturated rings. The molecule has 4 aromatic carbocycles. The van der Waals surface area contributed by atoms with Gasteiger partial charge in [0, 0.05) is 51.3 Å². The lowest BCUT2D eigenvalue weighted by Crippen LogP contribution is -2.47. The third kappa shape index (κ3) is 11.3. The van der Waals surface area contributed by atoms with Gasteiger partial charge in [0.05, 0.1) is 17.8 Å². The Morgan fingerprint density at radius 3 is 2.19 bits per heavy atom. The number of rotatable bonds is 13. The van der Waals surface area contributed by atoms with Gasteiger partial charge in [0.15, 0.2) is 5.75 Å². The van der Waals surface area contributed by atoms with Gasteiger partial charge in [-0.15, -0.1) is 12.4 Å². The maximum atomic E-state index is 13.8. The number of nitrogens with zero attached hydrogens (tertiary/aromatic N) is 3. The van der Waals surface area contributed by atoms with E-state index in [-0.39, 0.29) is 30.7 Å². The van der Waals surface area contributed by atoms with Crippen LogP contribution in [-0.2, 0) is 24.4 Å². The molecule has 1 amide bonds. The van der Waals surface area contributed by atoms with Crippen LogP contribution in [0.1, 0.15) is 38.9 Å². The number of piperazine rings is 1. The second-order valence-electron chi connectivity index (χ2n) is 13.1. The van der Waals surface area contributed by atoms with Crippen molar-refractivity contribution in [3.8, 4) is 23.1 Å². The van der Waals surface area contributed by atoms with Crippen molar-refractivity contribution in [2.45, 2.75) is 40.3 Å². The van der Waals surface area contributed by atoms with Gasteiger partial charge in [-0.3, -0.25) is 9.69 Å². The van der Waals surface area contributed by atoms with Crippen LogP contribution < -0.4 is 14.2 Å². The van der Waals surface area contributed by atoms with Gasteiger partial charge in [-0.1, -0.05) is 65.7 Å². The minimum absolute atomic E-state index is 0. The summed E-state index contributed by atoms with van der Waals surface area (Å²) in [6.07, 6.45) is 5.80. The first-order valence-electron chi connectivity index (χ1n) is 17.5. The molecule has 0 aliphatic carbocycles. The smallest absolute Gasteiger partial charge is 0.246 e. The number of carbonyl (C=O) groups excluding carboxylic acids is 1. The lowest BCUT2D eigenvalue weighted by atomic mass is 10.1. The third-order valence-corrected chi connectivity index (χ3v) is 9.30. The van der Waals surface area contributed by atoms with E-state index in [1.807, 2.05) is 36.1 Å². The second-order valence-corrected chi connectivity index (χ2v) is 13.5. The fourth-order valence-corrected chi connectivity index (χ4v) is 6.20. The topological polar surface area (TPSA) is 64.1 Å². The van der Waals surface area contributed by atoms with Crippen molar-refractivity contribution >= 4 is 36.0 Å². The average molecular weight is 757 g/mol. The van der Waals surface area contributed by atoms with Crippen LogP contribution in [0.2, 0.25) is 5.02 Å². The first-order chi connectivity index (χ1) is 25.2. The number of benzene rings is 4. The molecular weight excluding hydrogens is 712 g/mol. The van der Waals surface area contributed by atoms with Gasteiger partial charge < -0.3 is 19.1 Å². The van der Waals surface area contributed by atoms with E-state index in [1.54, 1.807) is 49.5 Å².